The Hall–Kier alpha value is -1.53. The molecule has 18 heavy (non-hydrogen) atoms. The van der Waals surface area contributed by atoms with Gasteiger partial charge in [0.1, 0.15) is 11.4 Å². The highest BCUT2D eigenvalue weighted by atomic mass is 35.7. The van der Waals surface area contributed by atoms with Crippen LogP contribution in [0.15, 0.2) is 35.4 Å². The molecule has 0 aliphatic carbocycles. The normalized spacial score (nSPS) is 11.7. The highest BCUT2D eigenvalue weighted by Crippen LogP contribution is 2.27. The molecule has 0 radical (unpaired) electrons. The van der Waals surface area contributed by atoms with Gasteiger partial charge < -0.3 is 9.88 Å². The van der Waals surface area contributed by atoms with Crippen molar-refractivity contribution in [1.82, 2.24) is 9.88 Å². The Morgan fingerprint density at radius 2 is 2.06 bits per heavy atom. The molecule has 7 heteroatoms. The molecule has 0 spiro atoms. The second kappa shape index (κ2) is 4.62. The quantitative estimate of drug-likeness (QED) is 0.865. The summed E-state index contributed by atoms with van der Waals surface area (Å²) in [5.74, 6) is -0.214. The topological polar surface area (TPSA) is 68.2 Å². The average Bonchev–Trinajstić information content (AvgIpc) is 2.68. The number of hydrogen-bond acceptors (Lipinski definition) is 3. The van der Waals surface area contributed by atoms with E-state index in [4.69, 9.17) is 10.7 Å². The molecule has 0 saturated heterocycles. The monoisotopic (exact) mass is 286 g/mol. The van der Waals surface area contributed by atoms with Crippen molar-refractivity contribution in [3.05, 3.63) is 30.5 Å². The van der Waals surface area contributed by atoms with Crippen molar-refractivity contribution >= 4 is 36.5 Å². The molecule has 0 unspecified atom stereocenters. The van der Waals surface area contributed by atoms with Crippen LogP contribution >= 0.6 is 10.7 Å². The van der Waals surface area contributed by atoms with Crippen LogP contribution in [0, 0.1) is 0 Å². The zero-order chi connectivity index (χ0) is 13.3. The van der Waals surface area contributed by atoms with Gasteiger partial charge in [-0.15, -0.1) is 0 Å². The Labute approximate surface area is 109 Å². The SMILES string of the molecule is CNC(=O)Cn1cc(S(=O)(=O)Cl)c2ccccc21. The average molecular weight is 287 g/mol. The van der Waals surface area contributed by atoms with Crippen molar-refractivity contribution in [2.75, 3.05) is 7.05 Å². The predicted molar refractivity (Wildman–Crippen MR) is 69.0 cm³/mol. The fourth-order valence-corrected chi connectivity index (χ4v) is 2.83. The van der Waals surface area contributed by atoms with Gasteiger partial charge in [-0.05, 0) is 6.07 Å². The molecule has 2 rings (SSSR count). The molecule has 1 amide bonds. The van der Waals surface area contributed by atoms with Crippen LogP contribution in [-0.2, 0) is 20.4 Å². The van der Waals surface area contributed by atoms with E-state index in [9.17, 15) is 13.2 Å². The van der Waals surface area contributed by atoms with Crippen LogP contribution in [0.3, 0.4) is 0 Å². The predicted octanol–water partition coefficient (Wildman–Crippen LogP) is 1.31. The third-order valence-corrected chi connectivity index (χ3v) is 3.96. The lowest BCUT2D eigenvalue weighted by Crippen LogP contribution is -2.23. The van der Waals surface area contributed by atoms with E-state index in [1.54, 1.807) is 28.8 Å². The van der Waals surface area contributed by atoms with Crippen molar-refractivity contribution in [2.24, 2.45) is 0 Å². The first-order valence-corrected chi connectivity index (χ1v) is 7.47. The molecule has 1 heterocycles. The van der Waals surface area contributed by atoms with Gasteiger partial charge in [0.15, 0.2) is 0 Å². The van der Waals surface area contributed by atoms with E-state index >= 15 is 0 Å². The molecular formula is C11H11ClN2O3S. The second-order valence-electron chi connectivity index (χ2n) is 3.75. The maximum absolute atomic E-state index is 11.5. The van der Waals surface area contributed by atoms with Crippen molar-refractivity contribution in [3.8, 4) is 0 Å². The molecule has 5 nitrogen and oxygen atoms in total. The highest BCUT2D eigenvalue weighted by molar-refractivity contribution is 8.14. The van der Waals surface area contributed by atoms with Gasteiger partial charge in [-0.25, -0.2) is 8.42 Å². The minimum absolute atomic E-state index is 0.0173. The van der Waals surface area contributed by atoms with Gasteiger partial charge in [-0.1, -0.05) is 18.2 Å². The summed E-state index contributed by atoms with van der Waals surface area (Å²) in [6, 6.07) is 6.89. The summed E-state index contributed by atoms with van der Waals surface area (Å²) in [5.41, 5.74) is 0.653. The Balaban J connectivity index is 2.65. The smallest absolute Gasteiger partial charge is 0.263 e. The first-order valence-electron chi connectivity index (χ1n) is 5.16. The Bertz CT molecular complexity index is 706. The van der Waals surface area contributed by atoms with E-state index in [1.165, 1.54) is 13.2 Å². The number of carbonyl (C=O) groups is 1. The number of hydrogen-bond donors (Lipinski definition) is 1. The van der Waals surface area contributed by atoms with Crippen LogP contribution in [0.25, 0.3) is 10.9 Å². The van der Waals surface area contributed by atoms with Crippen LogP contribution in [0.5, 0.6) is 0 Å². The van der Waals surface area contributed by atoms with Crippen LogP contribution in [0.2, 0.25) is 0 Å². The molecule has 96 valence electrons. The molecule has 1 aromatic heterocycles. The Morgan fingerprint density at radius 1 is 1.39 bits per heavy atom. The number of fused-ring (bicyclic) bond motifs is 1. The molecule has 0 atom stereocenters. The highest BCUT2D eigenvalue weighted by Gasteiger charge is 2.19. The zero-order valence-corrected chi connectivity index (χ0v) is 11.1. The molecule has 1 N–H and O–H groups in total. The molecule has 1 aromatic carbocycles. The van der Waals surface area contributed by atoms with Crippen molar-refractivity contribution in [2.45, 2.75) is 11.4 Å². The van der Waals surface area contributed by atoms with Crippen LogP contribution in [0.1, 0.15) is 0 Å². The number of nitrogens with one attached hydrogen (secondary N) is 1. The van der Waals surface area contributed by atoms with Gasteiger partial charge in [0, 0.05) is 34.8 Å². The third-order valence-electron chi connectivity index (χ3n) is 2.61. The zero-order valence-electron chi connectivity index (χ0n) is 9.55. The maximum atomic E-state index is 11.5. The molecule has 0 fully saturated rings. The Kier molecular flexibility index (Phi) is 3.32. The van der Waals surface area contributed by atoms with Crippen molar-refractivity contribution in [3.63, 3.8) is 0 Å². The van der Waals surface area contributed by atoms with E-state index < -0.39 is 9.05 Å². The number of nitrogens with zero attached hydrogens (tertiary/aromatic N) is 1. The second-order valence-corrected chi connectivity index (χ2v) is 6.28. The lowest BCUT2D eigenvalue weighted by molar-refractivity contribution is -0.121. The largest absolute Gasteiger partial charge is 0.358 e. The number of benzene rings is 1. The number of halogens is 1. The first kappa shape index (κ1) is 12.9. The molecule has 0 saturated carbocycles. The summed E-state index contributed by atoms with van der Waals surface area (Å²) in [6.07, 6.45) is 1.38. The van der Waals surface area contributed by atoms with E-state index in [1.807, 2.05) is 0 Å². The molecule has 0 aliphatic rings. The minimum Gasteiger partial charge on any atom is -0.358 e. The molecule has 0 bridgehead atoms. The van der Waals surface area contributed by atoms with Crippen molar-refractivity contribution in [1.29, 1.82) is 0 Å². The summed E-state index contributed by atoms with van der Waals surface area (Å²) in [5, 5.41) is 2.99. The molecular weight excluding hydrogens is 276 g/mol. The van der Waals surface area contributed by atoms with Crippen LogP contribution in [-0.4, -0.2) is 25.9 Å². The van der Waals surface area contributed by atoms with Crippen LogP contribution in [0.4, 0.5) is 0 Å². The maximum Gasteiger partial charge on any atom is 0.263 e. The number of para-hydroxylation sites is 1. The summed E-state index contributed by atoms with van der Waals surface area (Å²) < 4.78 is 24.5. The Morgan fingerprint density at radius 3 is 2.67 bits per heavy atom. The third kappa shape index (κ3) is 2.34. The molecule has 0 aliphatic heterocycles. The van der Waals surface area contributed by atoms with Gasteiger partial charge in [-0.2, -0.15) is 0 Å². The number of carbonyl (C=O) groups excluding carboxylic acids is 1. The standard InChI is InChI=1S/C11H11ClN2O3S/c1-13-11(15)7-14-6-10(18(12,16)17)8-4-2-3-5-9(8)14/h2-6H,7H2,1H3,(H,13,15). The van der Waals surface area contributed by atoms with E-state index in [0.29, 0.717) is 10.9 Å². The van der Waals surface area contributed by atoms with E-state index in [-0.39, 0.29) is 17.3 Å². The number of rotatable bonds is 3. The first-order chi connectivity index (χ1) is 8.43. The summed E-state index contributed by atoms with van der Waals surface area (Å²) >= 11 is 0. The van der Waals surface area contributed by atoms with E-state index in [2.05, 4.69) is 5.32 Å². The van der Waals surface area contributed by atoms with Crippen molar-refractivity contribution < 1.29 is 13.2 Å². The summed E-state index contributed by atoms with van der Waals surface area (Å²) in [4.78, 5) is 11.4. The number of likely N-dealkylation sites (N-methyl/N-ethyl adjacent to an activating group) is 1. The molecule has 2 aromatic rings. The van der Waals surface area contributed by atoms with Gasteiger partial charge >= 0.3 is 0 Å². The van der Waals surface area contributed by atoms with Gasteiger partial charge in [0.05, 0.1) is 0 Å². The van der Waals surface area contributed by atoms with Gasteiger partial charge in [-0.3, -0.25) is 4.79 Å². The summed E-state index contributed by atoms with van der Waals surface area (Å²) in [7, 11) is 3.07. The fraction of sp³-hybridized carbons (Fsp3) is 0.182. The van der Waals surface area contributed by atoms with Gasteiger partial charge in [0.2, 0.25) is 5.91 Å². The van der Waals surface area contributed by atoms with Gasteiger partial charge in [0.25, 0.3) is 9.05 Å². The summed E-state index contributed by atoms with van der Waals surface area (Å²) in [6.45, 7) is 0.0451. The minimum atomic E-state index is -3.83. The lowest BCUT2D eigenvalue weighted by Gasteiger charge is -2.03. The fourth-order valence-electron chi connectivity index (χ4n) is 1.77. The van der Waals surface area contributed by atoms with Crippen LogP contribution < -0.4 is 5.32 Å². The number of aromatic nitrogens is 1. The van der Waals surface area contributed by atoms with E-state index in [0.717, 1.165) is 0 Å². The number of amides is 1. The lowest BCUT2D eigenvalue weighted by atomic mass is 10.2.